The van der Waals surface area contributed by atoms with Crippen LogP contribution in [0, 0.1) is 5.92 Å². The molecule has 0 unspecified atom stereocenters. The van der Waals surface area contributed by atoms with Crippen molar-refractivity contribution in [2.75, 3.05) is 6.61 Å². The quantitative estimate of drug-likeness (QED) is 0.760. The van der Waals surface area contributed by atoms with Gasteiger partial charge in [-0.05, 0) is 33.1 Å². The lowest BCUT2D eigenvalue weighted by Crippen LogP contribution is -2.51. The van der Waals surface area contributed by atoms with E-state index in [1.807, 2.05) is 13.8 Å². The smallest absolute Gasteiger partial charge is 0.194 e. The Hall–Kier alpha value is -0.120. The molecular formula is C11H22O3. The summed E-state index contributed by atoms with van der Waals surface area (Å²) in [6, 6.07) is 0. The van der Waals surface area contributed by atoms with Crippen molar-refractivity contribution in [3.63, 3.8) is 0 Å². The third-order valence-corrected chi connectivity index (χ3v) is 2.80. The second-order valence-corrected chi connectivity index (χ2v) is 5.06. The van der Waals surface area contributed by atoms with Gasteiger partial charge in [-0.25, -0.2) is 0 Å². The molecule has 1 heterocycles. The second kappa shape index (κ2) is 3.80. The molecular weight excluding hydrogens is 180 g/mol. The lowest BCUT2D eigenvalue weighted by molar-refractivity contribution is -0.262. The molecule has 1 aliphatic heterocycles. The molecule has 0 aromatic heterocycles. The van der Waals surface area contributed by atoms with Crippen LogP contribution in [0.15, 0.2) is 0 Å². The molecule has 1 fully saturated rings. The van der Waals surface area contributed by atoms with Crippen LogP contribution in [0.1, 0.15) is 41.0 Å². The van der Waals surface area contributed by atoms with E-state index >= 15 is 0 Å². The topological polar surface area (TPSA) is 38.7 Å². The molecule has 0 aliphatic carbocycles. The highest BCUT2D eigenvalue weighted by molar-refractivity contribution is 4.92. The van der Waals surface area contributed by atoms with Gasteiger partial charge < -0.3 is 14.6 Å². The Bertz CT molecular complexity index is 201. The van der Waals surface area contributed by atoms with E-state index in [0.29, 0.717) is 18.9 Å². The number of rotatable bonds is 3. The fourth-order valence-electron chi connectivity index (χ4n) is 1.99. The molecule has 1 aliphatic rings. The zero-order chi connectivity index (χ0) is 11.0. The number of aliphatic hydroxyl groups is 1. The summed E-state index contributed by atoms with van der Waals surface area (Å²) in [4.78, 5) is 0. The fourth-order valence-corrected chi connectivity index (χ4v) is 1.99. The number of hydrogen-bond acceptors (Lipinski definition) is 3. The van der Waals surface area contributed by atoms with Crippen LogP contribution in [0.25, 0.3) is 0 Å². The SMILES string of the molecule is CC(C)C[C@@](C)(O)[C@@]1(C)OC[C@@H](C)O1. The molecule has 84 valence electrons. The van der Waals surface area contributed by atoms with Crippen LogP contribution < -0.4 is 0 Å². The minimum atomic E-state index is -0.925. The summed E-state index contributed by atoms with van der Waals surface area (Å²) in [5.41, 5.74) is -0.925. The van der Waals surface area contributed by atoms with Crippen molar-refractivity contribution in [3.8, 4) is 0 Å². The minimum absolute atomic E-state index is 0.0682. The van der Waals surface area contributed by atoms with Gasteiger partial charge >= 0.3 is 0 Å². The van der Waals surface area contributed by atoms with E-state index in [0.717, 1.165) is 0 Å². The molecule has 0 saturated carbocycles. The van der Waals surface area contributed by atoms with Gasteiger partial charge in [0, 0.05) is 0 Å². The van der Waals surface area contributed by atoms with Gasteiger partial charge in [0.25, 0.3) is 0 Å². The van der Waals surface area contributed by atoms with Gasteiger partial charge in [0.05, 0.1) is 12.7 Å². The van der Waals surface area contributed by atoms with Crippen LogP contribution in [-0.4, -0.2) is 29.2 Å². The first-order valence-corrected chi connectivity index (χ1v) is 5.31. The third kappa shape index (κ3) is 2.27. The maximum atomic E-state index is 10.3. The highest BCUT2D eigenvalue weighted by atomic mass is 16.8. The summed E-state index contributed by atoms with van der Waals surface area (Å²) in [5, 5.41) is 10.3. The van der Waals surface area contributed by atoms with E-state index in [-0.39, 0.29) is 6.10 Å². The summed E-state index contributed by atoms with van der Waals surface area (Å²) >= 11 is 0. The van der Waals surface area contributed by atoms with Crippen molar-refractivity contribution >= 4 is 0 Å². The average molecular weight is 202 g/mol. The average Bonchev–Trinajstić information content (AvgIpc) is 2.29. The van der Waals surface area contributed by atoms with Crippen LogP contribution in [0.5, 0.6) is 0 Å². The molecule has 0 aromatic carbocycles. The Labute approximate surface area is 86.4 Å². The molecule has 0 aromatic rings. The van der Waals surface area contributed by atoms with Gasteiger partial charge in [-0.2, -0.15) is 0 Å². The molecule has 14 heavy (non-hydrogen) atoms. The van der Waals surface area contributed by atoms with Crippen LogP contribution in [0.4, 0.5) is 0 Å². The summed E-state index contributed by atoms with van der Waals surface area (Å²) in [6.45, 7) is 10.3. The molecule has 1 N–H and O–H groups in total. The van der Waals surface area contributed by atoms with E-state index in [1.54, 1.807) is 6.92 Å². The van der Waals surface area contributed by atoms with Crippen LogP contribution in [0.2, 0.25) is 0 Å². The Kier molecular flexibility index (Phi) is 3.24. The van der Waals surface area contributed by atoms with E-state index in [4.69, 9.17) is 9.47 Å². The largest absolute Gasteiger partial charge is 0.385 e. The van der Waals surface area contributed by atoms with Crippen molar-refractivity contribution in [1.29, 1.82) is 0 Å². The molecule has 0 bridgehead atoms. The maximum absolute atomic E-state index is 10.3. The summed E-state index contributed by atoms with van der Waals surface area (Å²) in [5.74, 6) is -0.429. The summed E-state index contributed by atoms with van der Waals surface area (Å²) in [6.07, 6.45) is 0.745. The third-order valence-electron chi connectivity index (χ3n) is 2.80. The first-order valence-electron chi connectivity index (χ1n) is 5.31. The number of hydrogen-bond donors (Lipinski definition) is 1. The van der Waals surface area contributed by atoms with E-state index in [1.165, 1.54) is 0 Å². The van der Waals surface area contributed by atoms with E-state index < -0.39 is 11.4 Å². The van der Waals surface area contributed by atoms with Gasteiger partial charge in [0.2, 0.25) is 0 Å². The van der Waals surface area contributed by atoms with Crippen LogP contribution in [-0.2, 0) is 9.47 Å². The van der Waals surface area contributed by atoms with Crippen LogP contribution in [0.3, 0.4) is 0 Å². The Morgan fingerprint density at radius 2 is 2.14 bits per heavy atom. The maximum Gasteiger partial charge on any atom is 0.194 e. The molecule has 0 spiro atoms. The number of ether oxygens (including phenoxy) is 2. The Balaban J connectivity index is 2.70. The lowest BCUT2D eigenvalue weighted by atomic mass is 9.87. The Morgan fingerprint density at radius 3 is 2.50 bits per heavy atom. The van der Waals surface area contributed by atoms with E-state index in [2.05, 4.69) is 13.8 Å². The summed E-state index contributed by atoms with van der Waals surface area (Å²) in [7, 11) is 0. The zero-order valence-electron chi connectivity index (χ0n) is 9.83. The van der Waals surface area contributed by atoms with Crippen molar-refractivity contribution in [2.24, 2.45) is 5.92 Å². The molecule has 0 amide bonds. The van der Waals surface area contributed by atoms with Crippen molar-refractivity contribution in [3.05, 3.63) is 0 Å². The molecule has 3 heteroatoms. The normalized spacial score (nSPS) is 37.5. The highest BCUT2D eigenvalue weighted by Crippen LogP contribution is 2.37. The van der Waals surface area contributed by atoms with Gasteiger partial charge in [-0.15, -0.1) is 0 Å². The molecule has 3 nitrogen and oxygen atoms in total. The van der Waals surface area contributed by atoms with Crippen molar-refractivity contribution in [2.45, 2.75) is 58.5 Å². The Morgan fingerprint density at radius 1 is 1.57 bits per heavy atom. The van der Waals surface area contributed by atoms with Gasteiger partial charge in [-0.3, -0.25) is 0 Å². The standard InChI is InChI=1S/C11H22O3/c1-8(2)6-10(4,12)11(5)13-7-9(3)14-11/h8-9,12H,6-7H2,1-5H3/t9-,10-,11+/m1/s1. The van der Waals surface area contributed by atoms with Gasteiger partial charge in [0.15, 0.2) is 5.79 Å². The zero-order valence-corrected chi connectivity index (χ0v) is 9.83. The van der Waals surface area contributed by atoms with E-state index in [9.17, 15) is 5.11 Å². The van der Waals surface area contributed by atoms with Crippen molar-refractivity contribution < 1.29 is 14.6 Å². The van der Waals surface area contributed by atoms with Crippen LogP contribution >= 0.6 is 0 Å². The highest BCUT2D eigenvalue weighted by Gasteiger charge is 2.50. The predicted octanol–water partition coefficient (Wildman–Crippen LogP) is 1.93. The molecule has 0 radical (unpaired) electrons. The summed E-state index contributed by atoms with van der Waals surface area (Å²) < 4.78 is 11.2. The predicted molar refractivity (Wildman–Crippen MR) is 55.0 cm³/mol. The first-order chi connectivity index (χ1) is 6.27. The molecule has 3 atom stereocenters. The fraction of sp³-hybridized carbons (Fsp3) is 1.00. The lowest BCUT2D eigenvalue weighted by Gasteiger charge is -2.39. The minimum Gasteiger partial charge on any atom is -0.385 e. The monoisotopic (exact) mass is 202 g/mol. The van der Waals surface area contributed by atoms with Crippen molar-refractivity contribution in [1.82, 2.24) is 0 Å². The molecule has 1 rings (SSSR count). The molecule has 1 saturated heterocycles. The van der Waals surface area contributed by atoms with Gasteiger partial charge in [-0.1, -0.05) is 13.8 Å². The first kappa shape index (κ1) is 12.0. The second-order valence-electron chi connectivity index (χ2n) is 5.06. The van der Waals surface area contributed by atoms with Gasteiger partial charge in [0.1, 0.15) is 5.60 Å².